The maximum absolute atomic E-state index is 13.5. The molecule has 3 saturated heterocycles. The standard InChI is InChI=1S/C25H28ClN5O2/c1-17-11-12-19(26)16-20(17)29-14-7-15-30-21-22(27-24(29)30)28(2)25(33)31(23(21)32)13-6-10-18-8-4-3-5-9-18/h3-6,8-12,16,21-22,24,27H,7,13-15H2,1-2H3/b10-6+. The number of anilines is 1. The Morgan fingerprint density at radius 1 is 1.12 bits per heavy atom. The lowest BCUT2D eigenvalue weighted by molar-refractivity contribution is -0.138. The minimum Gasteiger partial charge on any atom is -0.343 e. The fourth-order valence-electron chi connectivity index (χ4n) is 5.08. The smallest absolute Gasteiger partial charge is 0.328 e. The molecule has 3 amide bonds. The number of imide groups is 1. The number of benzene rings is 2. The normalized spacial score (nSPS) is 25.7. The van der Waals surface area contributed by atoms with E-state index < -0.39 is 6.04 Å². The number of halogens is 1. The van der Waals surface area contributed by atoms with E-state index in [-0.39, 0.29) is 30.9 Å². The molecule has 7 nitrogen and oxygen atoms in total. The second-order valence-electron chi connectivity index (χ2n) is 8.80. The summed E-state index contributed by atoms with van der Waals surface area (Å²) in [5, 5.41) is 4.23. The first-order valence-corrected chi connectivity index (χ1v) is 11.7. The van der Waals surface area contributed by atoms with Gasteiger partial charge in [-0.15, -0.1) is 0 Å². The molecule has 0 aromatic heterocycles. The van der Waals surface area contributed by atoms with Gasteiger partial charge in [-0.2, -0.15) is 0 Å². The Balaban J connectivity index is 1.39. The zero-order valence-corrected chi connectivity index (χ0v) is 19.6. The average molecular weight is 466 g/mol. The van der Waals surface area contributed by atoms with Crippen LogP contribution in [0.1, 0.15) is 17.5 Å². The lowest BCUT2D eigenvalue weighted by atomic mass is 10.1. The molecule has 2 aromatic carbocycles. The molecule has 0 radical (unpaired) electrons. The summed E-state index contributed by atoms with van der Waals surface area (Å²) in [5.74, 6) is -0.152. The summed E-state index contributed by atoms with van der Waals surface area (Å²) < 4.78 is 0. The molecule has 0 aliphatic carbocycles. The van der Waals surface area contributed by atoms with Crippen molar-refractivity contribution in [1.29, 1.82) is 0 Å². The number of nitrogens with zero attached hydrogens (tertiary/aromatic N) is 4. The van der Waals surface area contributed by atoms with Crippen LogP contribution in [0.15, 0.2) is 54.6 Å². The summed E-state index contributed by atoms with van der Waals surface area (Å²) in [6.07, 6.45) is 4.19. The van der Waals surface area contributed by atoms with Gasteiger partial charge in [0, 0.05) is 37.4 Å². The third-order valence-electron chi connectivity index (χ3n) is 6.75. The molecule has 3 fully saturated rings. The molecule has 3 aliphatic rings. The number of fused-ring (bicyclic) bond motifs is 3. The number of aryl methyl sites for hydroxylation is 1. The zero-order chi connectivity index (χ0) is 23.1. The molecule has 8 heteroatoms. The maximum Gasteiger partial charge on any atom is 0.328 e. The topological polar surface area (TPSA) is 59.1 Å². The molecule has 0 bridgehead atoms. The van der Waals surface area contributed by atoms with E-state index in [4.69, 9.17) is 11.6 Å². The van der Waals surface area contributed by atoms with E-state index in [2.05, 4.69) is 22.0 Å². The fraction of sp³-hybridized carbons (Fsp3) is 0.360. The van der Waals surface area contributed by atoms with Crippen LogP contribution in [0.3, 0.4) is 0 Å². The summed E-state index contributed by atoms with van der Waals surface area (Å²) in [6, 6.07) is 15.0. The van der Waals surface area contributed by atoms with Crippen LogP contribution in [0.25, 0.3) is 6.08 Å². The summed E-state index contributed by atoms with van der Waals surface area (Å²) in [5.41, 5.74) is 3.21. The fourth-order valence-corrected chi connectivity index (χ4v) is 5.25. The van der Waals surface area contributed by atoms with Crippen molar-refractivity contribution in [2.24, 2.45) is 0 Å². The molecule has 3 aliphatic heterocycles. The van der Waals surface area contributed by atoms with Gasteiger partial charge in [-0.05, 0) is 36.6 Å². The molecule has 2 aromatic rings. The Kier molecular flexibility index (Phi) is 5.86. The van der Waals surface area contributed by atoms with Gasteiger partial charge in [0.15, 0.2) is 0 Å². The monoisotopic (exact) mass is 465 g/mol. The van der Waals surface area contributed by atoms with Crippen LogP contribution in [0, 0.1) is 6.92 Å². The summed E-state index contributed by atoms with van der Waals surface area (Å²) in [4.78, 5) is 34.1. The van der Waals surface area contributed by atoms with E-state index in [1.807, 2.05) is 60.7 Å². The van der Waals surface area contributed by atoms with E-state index in [0.29, 0.717) is 5.02 Å². The quantitative estimate of drug-likeness (QED) is 0.750. The highest BCUT2D eigenvalue weighted by molar-refractivity contribution is 6.30. The van der Waals surface area contributed by atoms with Crippen molar-refractivity contribution in [3.8, 4) is 0 Å². The number of rotatable bonds is 4. The van der Waals surface area contributed by atoms with Gasteiger partial charge in [-0.3, -0.25) is 19.9 Å². The zero-order valence-electron chi connectivity index (χ0n) is 18.8. The van der Waals surface area contributed by atoms with Crippen LogP contribution in [-0.4, -0.2) is 71.8 Å². The summed E-state index contributed by atoms with van der Waals surface area (Å²) in [6.45, 7) is 3.95. The van der Waals surface area contributed by atoms with Gasteiger partial charge < -0.3 is 9.80 Å². The van der Waals surface area contributed by atoms with E-state index in [9.17, 15) is 9.59 Å². The number of nitrogens with one attached hydrogen (secondary N) is 1. The molecule has 0 saturated carbocycles. The Morgan fingerprint density at radius 3 is 2.70 bits per heavy atom. The Labute approximate surface area is 199 Å². The van der Waals surface area contributed by atoms with Crippen LogP contribution in [0.5, 0.6) is 0 Å². The highest BCUT2D eigenvalue weighted by Gasteiger charge is 2.55. The first-order valence-electron chi connectivity index (χ1n) is 11.3. The van der Waals surface area contributed by atoms with Crippen molar-refractivity contribution in [2.45, 2.75) is 31.8 Å². The predicted octanol–water partition coefficient (Wildman–Crippen LogP) is 3.35. The van der Waals surface area contributed by atoms with Gasteiger partial charge in [-0.1, -0.05) is 60.2 Å². The van der Waals surface area contributed by atoms with Crippen LogP contribution < -0.4 is 10.2 Å². The number of likely N-dealkylation sites (N-methyl/N-ethyl adjacent to an activating group) is 1. The third kappa shape index (κ3) is 3.90. The van der Waals surface area contributed by atoms with Crippen LogP contribution in [-0.2, 0) is 4.79 Å². The van der Waals surface area contributed by atoms with Crippen molar-refractivity contribution < 1.29 is 9.59 Å². The molecule has 1 N–H and O–H groups in total. The molecule has 3 unspecified atom stereocenters. The SMILES string of the molecule is Cc1ccc(Cl)cc1N1CCCN2C3C(=O)N(C/C=C/c4ccccc4)C(=O)N(C)C3NC12. The second kappa shape index (κ2) is 8.82. The lowest BCUT2D eigenvalue weighted by Crippen LogP contribution is -2.66. The number of carbonyl (C=O) groups excluding carboxylic acids is 2. The van der Waals surface area contributed by atoms with Gasteiger partial charge in [0.1, 0.15) is 18.5 Å². The Bertz CT molecular complexity index is 1090. The van der Waals surface area contributed by atoms with Crippen molar-refractivity contribution in [2.75, 3.05) is 31.6 Å². The number of amides is 3. The van der Waals surface area contributed by atoms with Crippen molar-refractivity contribution in [1.82, 2.24) is 20.0 Å². The largest absolute Gasteiger partial charge is 0.343 e. The van der Waals surface area contributed by atoms with Crippen molar-refractivity contribution >= 4 is 35.3 Å². The van der Waals surface area contributed by atoms with Crippen molar-refractivity contribution in [3.63, 3.8) is 0 Å². The Hall–Kier alpha value is -2.87. The molecular weight excluding hydrogens is 438 g/mol. The minimum absolute atomic E-state index is 0.152. The number of hydrogen-bond donors (Lipinski definition) is 1. The lowest BCUT2D eigenvalue weighted by Gasteiger charge is -2.44. The molecule has 33 heavy (non-hydrogen) atoms. The number of urea groups is 1. The van der Waals surface area contributed by atoms with Gasteiger partial charge in [0.05, 0.1) is 0 Å². The first-order chi connectivity index (χ1) is 16.0. The minimum atomic E-state index is -0.426. The maximum atomic E-state index is 13.5. The van der Waals surface area contributed by atoms with E-state index >= 15 is 0 Å². The van der Waals surface area contributed by atoms with Crippen LogP contribution >= 0.6 is 11.6 Å². The molecule has 3 heterocycles. The average Bonchev–Trinajstić information content (AvgIpc) is 3.22. The van der Waals surface area contributed by atoms with Gasteiger partial charge in [0.25, 0.3) is 5.91 Å². The molecule has 5 rings (SSSR count). The molecule has 172 valence electrons. The van der Waals surface area contributed by atoms with E-state index in [0.717, 1.165) is 36.3 Å². The number of hydrogen-bond acceptors (Lipinski definition) is 5. The Morgan fingerprint density at radius 2 is 1.91 bits per heavy atom. The van der Waals surface area contributed by atoms with E-state index in [1.165, 1.54) is 4.90 Å². The second-order valence-corrected chi connectivity index (χ2v) is 9.24. The third-order valence-corrected chi connectivity index (χ3v) is 6.98. The number of carbonyl (C=O) groups is 2. The van der Waals surface area contributed by atoms with Crippen molar-refractivity contribution in [3.05, 3.63) is 70.8 Å². The predicted molar refractivity (Wildman–Crippen MR) is 130 cm³/mol. The highest BCUT2D eigenvalue weighted by atomic mass is 35.5. The first kappa shape index (κ1) is 21.9. The van der Waals surface area contributed by atoms with Gasteiger partial charge in [-0.25, -0.2) is 4.79 Å². The molecular formula is C25H28ClN5O2. The highest BCUT2D eigenvalue weighted by Crippen LogP contribution is 2.35. The van der Waals surface area contributed by atoms with Gasteiger partial charge >= 0.3 is 6.03 Å². The molecule has 3 atom stereocenters. The van der Waals surface area contributed by atoms with E-state index in [1.54, 1.807) is 11.9 Å². The van der Waals surface area contributed by atoms with Gasteiger partial charge in [0.2, 0.25) is 0 Å². The van der Waals surface area contributed by atoms with Crippen LogP contribution in [0.4, 0.5) is 10.5 Å². The van der Waals surface area contributed by atoms with Crippen LogP contribution in [0.2, 0.25) is 5.02 Å². The summed E-state index contributed by atoms with van der Waals surface area (Å²) >= 11 is 6.30. The summed E-state index contributed by atoms with van der Waals surface area (Å²) in [7, 11) is 1.76. The molecule has 0 spiro atoms.